The van der Waals surface area contributed by atoms with Crippen LogP contribution in [0.15, 0.2) is 54.6 Å². The molecule has 37 heavy (non-hydrogen) atoms. The highest BCUT2D eigenvalue weighted by molar-refractivity contribution is 6.30. The van der Waals surface area contributed by atoms with E-state index in [0.717, 1.165) is 73.0 Å². The highest BCUT2D eigenvalue weighted by Crippen LogP contribution is 2.42. The van der Waals surface area contributed by atoms with Gasteiger partial charge >= 0.3 is 0 Å². The third-order valence-electron chi connectivity index (χ3n) is 8.54. The van der Waals surface area contributed by atoms with Crippen LogP contribution in [0, 0.1) is 26.7 Å². The Balaban J connectivity index is 1.23. The van der Waals surface area contributed by atoms with Crippen molar-refractivity contribution in [3.05, 3.63) is 93.0 Å². The smallest absolute Gasteiger partial charge is 0.126 e. The highest BCUT2D eigenvalue weighted by atomic mass is 35.5. The molecule has 0 amide bonds. The minimum Gasteiger partial charge on any atom is -0.507 e. The van der Waals surface area contributed by atoms with Gasteiger partial charge < -0.3 is 14.7 Å². The molecule has 196 valence electrons. The second-order valence-electron chi connectivity index (χ2n) is 10.9. The average Bonchev–Trinajstić information content (AvgIpc) is 2.93. The number of phenols is 1. The molecule has 0 saturated carbocycles. The predicted octanol–water partition coefficient (Wildman–Crippen LogP) is 6.71. The van der Waals surface area contributed by atoms with Crippen molar-refractivity contribution < 1.29 is 9.84 Å². The zero-order valence-electron chi connectivity index (χ0n) is 22.5. The van der Waals surface area contributed by atoms with Gasteiger partial charge in [0, 0.05) is 49.2 Å². The van der Waals surface area contributed by atoms with Crippen LogP contribution < -0.4 is 4.74 Å². The molecule has 3 unspecified atom stereocenters. The summed E-state index contributed by atoms with van der Waals surface area (Å²) in [6, 6.07) is 19.4. The van der Waals surface area contributed by atoms with Crippen LogP contribution in [0.3, 0.4) is 0 Å². The number of aromatic hydroxyl groups is 1. The molecule has 0 radical (unpaired) electrons. The third-order valence-corrected chi connectivity index (χ3v) is 8.79. The molecule has 1 saturated heterocycles. The molecule has 5 heteroatoms. The molecule has 1 fully saturated rings. The van der Waals surface area contributed by atoms with Gasteiger partial charge in [-0.25, -0.2) is 0 Å². The van der Waals surface area contributed by atoms with Gasteiger partial charge in [-0.1, -0.05) is 61.0 Å². The molecule has 4 nitrogen and oxygen atoms in total. The standard InChI is InChI=1S/C32H39ClN2O2/c1-21(29-15-14-28-24(4)31(36)22(2)23(3)32(28)37-29)20-34-16-18-35(19-17-34)30(25-8-6-5-7-9-25)26-10-12-27(33)13-11-26/h5-13,21,29-30,36H,14-20H2,1-4H3. The van der Waals surface area contributed by atoms with Gasteiger partial charge in [0.2, 0.25) is 0 Å². The van der Waals surface area contributed by atoms with Crippen molar-refractivity contribution in [1.82, 2.24) is 9.80 Å². The van der Waals surface area contributed by atoms with E-state index in [0.29, 0.717) is 11.7 Å². The van der Waals surface area contributed by atoms with Gasteiger partial charge in [0.05, 0.1) is 6.04 Å². The molecular weight excluding hydrogens is 480 g/mol. The van der Waals surface area contributed by atoms with Crippen LogP contribution in [0.1, 0.15) is 52.8 Å². The van der Waals surface area contributed by atoms with E-state index in [1.807, 2.05) is 26.0 Å². The number of rotatable bonds is 6. The van der Waals surface area contributed by atoms with E-state index in [9.17, 15) is 5.11 Å². The van der Waals surface area contributed by atoms with E-state index >= 15 is 0 Å². The molecular formula is C32H39ClN2O2. The average molecular weight is 519 g/mol. The van der Waals surface area contributed by atoms with Crippen molar-refractivity contribution in [3.8, 4) is 11.5 Å². The Hall–Kier alpha value is -2.53. The van der Waals surface area contributed by atoms with Crippen LogP contribution in [0.5, 0.6) is 11.5 Å². The lowest BCUT2D eigenvalue weighted by atomic mass is 9.88. The Bertz CT molecular complexity index is 1220. The fourth-order valence-electron chi connectivity index (χ4n) is 6.15. The molecule has 3 atom stereocenters. The first-order chi connectivity index (χ1) is 17.8. The van der Waals surface area contributed by atoms with E-state index in [2.05, 4.69) is 66.1 Å². The lowest BCUT2D eigenvalue weighted by Gasteiger charge is -2.41. The predicted molar refractivity (Wildman–Crippen MR) is 152 cm³/mol. The summed E-state index contributed by atoms with van der Waals surface area (Å²) < 4.78 is 6.61. The molecule has 2 heterocycles. The third kappa shape index (κ3) is 5.38. The van der Waals surface area contributed by atoms with Gasteiger partial charge in [0.1, 0.15) is 17.6 Å². The first-order valence-electron chi connectivity index (χ1n) is 13.6. The summed E-state index contributed by atoms with van der Waals surface area (Å²) in [6.45, 7) is 13.6. The van der Waals surface area contributed by atoms with E-state index in [1.54, 1.807) is 0 Å². The van der Waals surface area contributed by atoms with Crippen molar-refractivity contribution in [3.63, 3.8) is 0 Å². The largest absolute Gasteiger partial charge is 0.507 e. The van der Waals surface area contributed by atoms with Crippen molar-refractivity contribution in [2.24, 2.45) is 5.92 Å². The van der Waals surface area contributed by atoms with Crippen LogP contribution in [0.25, 0.3) is 0 Å². The fraction of sp³-hybridized carbons (Fsp3) is 0.438. The van der Waals surface area contributed by atoms with Gasteiger partial charge in [-0.2, -0.15) is 0 Å². The van der Waals surface area contributed by atoms with E-state index in [-0.39, 0.29) is 12.1 Å². The maximum atomic E-state index is 10.5. The Morgan fingerprint density at radius 1 is 0.892 bits per heavy atom. The topological polar surface area (TPSA) is 35.9 Å². The monoisotopic (exact) mass is 518 g/mol. The van der Waals surface area contributed by atoms with Crippen LogP contribution >= 0.6 is 11.6 Å². The van der Waals surface area contributed by atoms with Crippen LogP contribution in [0.4, 0.5) is 0 Å². The number of ether oxygens (including phenoxy) is 1. The maximum Gasteiger partial charge on any atom is 0.126 e. The van der Waals surface area contributed by atoms with Crippen molar-refractivity contribution in [2.45, 2.75) is 52.7 Å². The summed E-state index contributed by atoms with van der Waals surface area (Å²) in [6.07, 6.45) is 2.18. The maximum absolute atomic E-state index is 10.5. The Labute approximate surface area is 226 Å². The molecule has 5 rings (SSSR count). The lowest BCUT2D eigenvalue weighted by Crippen LogP contribution is -2.50. The molecule has 0 bridgehead atoms. The molecule has 2 aliphatic heterocycles. The molecule has 0 aromatic heterocycles. The Morgan fingerprint density at radius 3 is 2.22 bits per heavy atom. The zero-order valence-corrected chi connectivity index (χ0v) is 23.3. The summed E-state index contributed by atoms with van der Waals surface area (Å²) in [7, 11) is 0. The number of piperazine rings is 1. The SMILES string of the molecule is Cc1c(C)c2c(c(C)c1O)CCC(C(C)CN1CCN(C(c3ccccc3)c3ccc(Cl)cc3)CC1)O2. The number of hydrogen-bond acceptors (Lipinski definition) is 4. The van der Waals surface area contributed by atoms with Gasteiger partial charge in [-0.05, 0) is 73.6 Å². The number of benzene rings is 3. The minimum atomic E-state index is 0.207. The minimum absolute atomic E-state index is 0.207. The number of nitrogens with zero attached hydrogens (tertiary/aromatic N) is 2. The van der Waals surface area contributed by atoms with Gasteiger partial charge in [-0.15, -0.1) is 0 Å². The Kier molecular flexibility index (Phi) is 7.80. The first-order valence-corrected chi connectivity index (χ1v) is 14.0. The zero-order chi connectivity index (χ0) is 26.1. The number of phenolic OH excluding ortho intramolecular Hbond substituents is 1. The summed E-state index contributed by atoms with van der Waals surface area (Å²) in [5.41, 5.74) is 6.81. The van der Waals surface area contributed by atoms with E-state index in [1.165, 1.54) is 16.7 Å². The van der Waals surface area contributed by atoms with Gasteiger partial charge in [0.25, 0.3) is 0 Å². The van der Waals surface area contributed by atoms with Crippen molar-refractivity contribution in [1.29, 1.82) is 0 Å². The van der Waals surface area contributed by atoms with Gasteiger partial charge in [-0.3, -0.25) is 4.90 Å². The summed E-state index contributed by atoms with van der Waals surface area (Å²) in [4.78, 5) is 5.21. The number of fused-ring (bicyclic) bond motifs is 1. The highest BCUT2D eigenvalue weighted by Gasteiger charge is 2.32. The molecule has 0 aliphatic carbocycles. The summed E-state index contributed by atoms with van der Waals surface area (Å²) in [5, 5.41) is 11.3. The summed E-state index contributed by atoms with van der Waals surface area (Å²) in [5.74, 6) is 1.88. The van der Waals surface area contributed by atoms with Crippen LogP contribution in [-0.2, 0) is 6.42 Å². The summed E-state index contributed by atoms with van der Waals surface area (Å²) >= 11 is 6.20. The lowest BCUT2D eigenvalue weighted by molar-refractivity contribution is 0.0592. The molecule has 3 aromatic rings. The number of hydrogen-bond donors (Lipinski definition) is 1. The van der Waals surface area contributed by atoms with Crippen molar-refractivity contribution in [2.75, 3.05) is 32.7 Å². The van der Waals surface area contributed by atoms with Crippen LogP contribution in [0.2, 0.25) is 5.02 Å². The quantitative estimate of drug-likeness (QED) is 0.393. The fourth-order valence-corrected chi connectivity index (χ4v) is 6.28. The Morgan fingerprint density at radius 2 is 1.54 bits per heavy atom. The normalized spacial score (nSPS) is 20.2. The molecule has 3 aromatic carbocycles. The molecule has 1 N–H and O–H groups in total. The molecule has 0 spiro atoms. The van der Waals surface area contributed by atoms with Crippen LogP contribution in [-0.4, -0.2) is 53.7 Å². The van der Waals surface area contributed by atoms with E-state index in [4.69, 9.17) is 16.3 Å². The van der Waals surface area contributed by atoms with E-state index < -0.39 is 0 Å². The second kappa shape index (κ2) is 11.1. The first kappa shape index (κ1) is 26.1. The number of halogens is 1. The molecule has 2 aliphatic rings. The van der Waals surface area contributed by atoms with Crippen molar-refractivity contribution >= 4 is 11.6 Å². The van der Waals surface area contributed by atoms with Gasteiger partial charge in [0.15, 0.2) is 0 Å². The second-order valence-corrected chi connectivity index (χ2v) is 11.3.